The van der Waals surface area contributed by atoms with Crippen molar-refractivity contribution in [3.8, 4) is 17.0 Å². The Morgan fingerprint density at radius 1 is 1.44 bits per heavy atom. The standard InChI is InChI=1S/C13H16FN3O/c1-4-9-12(16-17(2)13(9)15)10-6-5-8(18-3)7-11(10)14/h5-7H,4,15H2,1-3H3. The van der Waals surface area contributed by atoms with E-state index < -0.39 is 0 Å². The molecule has 2 aromatic rings. The van der Waals surface area contributed by atoms with Crippen LogP contribution in [0.3, 0.4) is 0 Å². The fourth-order valence-corrected chi connectivity index (χ4v) is 1.96. The minimum atomic E-state index is -0.359. The molecule has 0 unspecified atom stereocenters. The summed E-state index contributed by atoms with van der Waals surface area (Å²) in [4.78, 5) is 0. The quantitative estimate of drug-likeness (QED) is 0.908. The summed E-state index contributed by atoms with van der Waals surface area (Å²) in [5.41, 5.74) is 7.81. The topological polar surface area (TPSA) is 53.1 Å². The van der Waals surface area contributed by atoms with Gasteiger partial charge in [0.2, 0.25) is 0 Å². The van der Waals surface area contributed by atoms with E-state index in [1.165, 1.54) is 13.2 Å². The van der Waals surface area contributed by atoms with Gasteiger partial charge in [0.15, 0.2) is 0 Å². The SMILES string of the molecule is CCc1c(-c2ccc(OC)cc2F)nn(C)c1N. The highest BCUT2D eigenvalue weighted by Crippen LogP contribution is 2.30. The molecule has 0 atom stereocenters. The third-order valence-electron chi connectivity index (χ3n) is 2.98. The van der Waals surface area contributed by atoms with Gasteiger partial charge in [-0.15, -0.1) is 0 Å². The zero-order valence-corrected chi connectivity index (χ0v) is 10.7. The number of anilines is 1. The Morgan fingerprint density at radius 3 is 2.72 bits per heavy atom. The normalized spacial score (nSPS) is 10.7. The first-order chi connectivity index (χ1) is 8.58. The van der Waals surface area contributed by atoms with Crippen LogP contribution in [0.15, 0.2) is 18.2 Å². The number of halogens is 1. The average molecular weight is 249 g/mol. The van der Waals surface area contributed by atoms with Crippen molar-refractivity contribution in [1.29, 1.82) is 0 Å². The summed E-state index contributed by atoms with van der Waals surface area (Å²) < 4.78 is 20.6. The van der Waals surface area contributed by atoms with Gasteiger partial charge < -0.3 is 10.5 Å². The molecule has 0 saturated heterocycles. The molecule has 0 amide bonds. The van der Waals surface area contributed by atoms with Crippen molar-refractivity contribution in [2.75, 3.05) is 12.8 Å². The van der Waals surface area contributed by atoms with Crippen LogP contribution < -0.4 is 10.5 Å². The minimum Gasteiger partial charge on any atom is -0.497 e. The molecular formula is C13H16FN3O. The monoisotopic (exact) mass is 249 g/mol. The van der Waals surface area contributed by atoms with Gasteiger partial charge in [-0.3, -0.25) is 4.68 Å². The zero-order valence-electron chi connectivity index (χ0n) is 10.7. The molecule has 0 fully saturated rings. The lowest BCUT2D eigenvalue weighted by molar-refractivity contribution is 0.411. The van der Waals surface area contributed by atoms with Crippen LogP contribution in [0.4, 0.5) is 10.2 Å². The highest BCUT2D eigenvalue weighted by Gasteiger charge is 2.17. The van der Waals surface area contributed by atoms with Gasteiger partial charge in [-0.05, 0) is 18.6 Å². The summed E-state index contributed by atoms with van der Waals surface area (Å²) in [6, 6.07) is 4.72. The highest BCUT2D eigenvalue weighted by atomic mass is 19.1. The zero-order chi connectivity index (χ0) is 13.3. The van der Waals surface area contributed by atoms with Crippen LogP contribution in [-0.2, 0) is 13.5 Å². The Labute approximate surface area is 105 Å². The molecule has 4 nitrogen and oxygen atoms in total. The molecule has 2 N–H and O–H groups in total. The van der Waals surface area contributed by atoms with Crippen molar-refractivity contribution in [2.45, 2.75) is 13.3 Å². The molecular weight excluding hydrogens is 233 g/mol. The van der Waals surface area contributed by atoms with Crippen LogP contribution in [0, 0.1) is 5.82 Å². The molecule has 0 spiro atoms. The molecule has 0 radical (unpaired) electrons. The minimum absolute atomic E-state index is 0.359. The van der Waals surface area contributed by atoms with Crippen molar-refractivity contribution < 1.29 is 9.13 Å². The van der Waals surface area contributed by atoms with Crippen LogP contribution in [0.25, 0.3) is 11.3 Å². The van der Waals surface area contributed by atoms with Gasteiger partial charge >= 0.3 is 0 Å². The van der Waals surface area contributed by atoms with Crippen LogP contribution >= 0.6 is 0 Å². The second-order valence-corrected chi connectivity index (χ2v) is 4.04. The van der Waals surface area contributed by atoms with Crippen LogP contribution in [0.1, 0.15) is 12.5 Å². The number of aromatic nitrogens is 2. The van der Waals surface area contributed by atoms with Crippen molar-refractivity contribution in [3.05, 3.63) is 29.6 Å². The molecule has 5 heteroatoms. The van der Waals surface area contributed by atoms with Crippen molar-refractivity contribution in [1.82, 2.24) is 9.78 Å². The van der Waals surface area contributed by atoms with Crippen molar-refractivity contribution in [3.63, 3.8) is 0 Å². The number of aryl methyl sites for hydroxylation is 1. The molecule has 1 aromatic heterocycles. The Hall–Kier alpha value is -2.04. The predicted molar refractivity (Wildman–Crippen MR) is 68.9 cm³/mol. The predicted octanol–water partition coefficient (Wildman–Crippen LogP) is 2.38. The highest BCUT2D eigenvalue weighted by molar-refractivity contribution is 5.69. The molecule has 0 saturated carbocycles. The molecule has 1 heterocycles. The molecule has 0 aliphatic rings. The molecule has 2 rings (SSSR count). The summed E-state index contributed by atoms with van der Waals surface area (Å²) >= 11 is 0. The maximum absolute atomic E-state index is 14.0. The molecule has 18 heavy (non-hydrogen) atoms. The fourth-order valence-electron chi connectivity index (χ4n) is 1.96. The van der Waals surface area contributed by atoms with Gasteiger partial charge in [-0.2, -0.15) is 5.10 Å². The molecule has 0 aliphatic heterocycles. The Kier molecular flexibility index (Phi) is 3.23. The molecule has 96 valence electrons. The first kappa shape index (κ1) is 12.4. The van der Waals surface area contributed by atoms with E-state index in [9.17, 15) is 4.39 Å². The van der Waals surface area contributed by atoms with Crippen molar-refractivity contribution in [2.24, 2.45) is 7.05 Å². The maximum atomic E-state index is 14.0. The van der Waals surface area contributed by atoms with E-state index in [-0.39, 0.29) is 5.82 Å². The number of hydrogen-bond acceptors (Lipinski definition) is 3. The molecule has 0 aliphatic carbocycles. The van der Waals surface area contributed by atoms with Gasteiger partial charge in [0.25, 0.3) is 0 Å². The first-order valence-corrected chi connectivity index (χ1v) is 5.73. The third-order valence-corrected chi connectivity index (χ3v) is 2.98. The number of benzene rings is 1. The molecule has 1 aromatic carbocycles. The fraction of sp³-hybridized carbons (Fsp3) is 0.308. The van der Waals surface area contributed by atoms with Gasteiger partial charge in [-0.25, -0.2) is 4.39 Å². The van der Waals surface area contributed by atoms with Gasteiger partial charge in [0, 0.05) is 24.2 Å². The lowest BCUT2D eigenvalue weighted by Gasteiger charge is -2.05. The van der Waals surface area contributed by atoms with E-state index in [1.807, 2.05) is 6.92 Å². The summed E-state index contributed by atoms with van der Waals surface area (Å²) in [6.45, 7) is 1.97. The maximum Gasteiger partial charge on any atom is 0.136 e. The van der Waals surface area contributed by atoms with Crippen LogP contribution in [0.2, 0.25) is 0 Å². The summed E-state index contributed by atoms with van der Waals surface area (Å²) in [7, 11) is 3.25. The third kappa shape index (κ3) is 1.92. The Morgan fingerprint density at radius 2 is 2.17 bits per heavy atom. The van der Waals surface area contributed by atoms with Crippen molar-refractivity contribution >= 4 is 5.82 Å². The Balaban J connectivity index is 2.58. The van der Waals surface area contributed by atoms with E-state index in [2.05, 4.69) is 5.10 Å². The van der Waals surface area contributed by atoms with E-state index in [1.54, 1.807) is 23.9 Å². The Bertz CT molecular complexity index is 578. The largest absolute Gasteiger partial charge is 0.497 e. The van der Waals surface area contributed by atoms with Gasteiger partial charge in [0.05, 0.1) is 7.11 Å². The number of rotatable bonds is 3. The lowest BCUT2D eigenvalue weighted by atomic mass is 10.1. The number of ether oxygens (including phenoxy) is 1. The lowest BCUT2D eigenvalue weighted by Crippen LogP contribution is -1.98. The van der Waals surface area contributed by atoms with Crippen LogP contribution in [0.5, 0.6) is 5.75 Å². The number of hydrogen-bond donors (Lipinski definition) is 1. The second-order valence-electron chi connectivity index (χ2n) is 4.04. The second kappa shape index (κ2) is 4.68. The van der Waals surface area contributed by atoms with Crippen LogP contribution in [-0.4, -0.2) is 16.9 Å². The number of methoxy groups -OCH3 is 1. The van der Waals surface area contributed by atoms with E-state index >= 15 is 0 Å². The summed E-state index contributed by atoms with van der Waals surface area (Å²) in [5, 5.41) is 4.28. The smallest absolute Gasteiger partial charge is 0.136 e. The average Bonchev–Trinajstić information content (AvgIpc) is 2.65. The van der Waals surface area contributed by atoms with E-state index in [0.717, 1.165) is 5.56 Å². The van der Waals surface area contributed by atoms with Gasteiger partial charge in [-0.1, -0.05) is 6.92 Å². The summed E-state index contributed by atoms with van der Waals surface area (Å²) in [6.07, 6.45) is 0.709. The van der Waals surface area contributed by atoms with E-state index in [0.29, 0.717) is 29.2 Å². The van der Waals surface area contributed by atoms with Gasteiger partial charge in [0.1, 0.15) is 23.1 Å². The first-order valence-electron chi connectivity index (χ1n) is 5.73. The molecule has 0 bridgehead atoms. The van der Waals surface area contributed by atoms with E-state index in [4.69, 9.17) is 10.5 Å². The number of nitrogens with two attached hydrogens (primary N) is 1. The number of nitrogen functional groups attached to an aromatic ring is 1. The number of nitrogens with zero attached hydrogens (tertiary/aromatic N) is 2. The summed E-state index contributed by atoms with van der Waals surface area (Å²) in [5.74, 6) is 0.697.